The van der Waals surface area contributed by atoms with E-state index in [9.17, 15) is 4.79 Å². The maximum Gasteiger partial charge on any atom is 0.160 e. The van der Waals surface area contributed by atoms with Crippen LogP contribution in [0.25, 0.3) is 0 Å². The minimum atomic E-state index is 0.148. The van der Waals surface area contributed by atoms with Crippen LogP contribution in [0.5, 0.6) is 0 Å². The van der Waals surface area contributed by atoms with Crippen molar-refractivity contribution in [2.45, 2.75) is 6.42 Å². The van der Waals surface area contributed by atoms with Crippen LogP contribution in [-0.4, -0.2) is 5.78 Å². The fourth-order valence-corrected chi connectivity index (χ4v) is 1.55. The Balaban J connectivity index is 2.42. The van der Waals surface area contributed by atoms with Crippen LogP contribution in [0.1, 0.15) is 6.42 Å². The molecule has 0 N–H and O–H groups in total. The van der Waals surface area contributed by atoms with Crippen molar-refractivity contribution in [3.05, 3.63) is 71.9 Å². The third-order valence-electron chi connectivity index (χ3n) is 2.31. The molecule has 0 aromatic carbocycles. The Bertz CT molecular complexity index is 440. The molecule has 1 nitrogen and oxygen atoms in total. The first kappa shape index (κ1) is 9.66. The van der Waals surface area contributed by atoms with E-state index in [1.165, 1.54) is 0 Å². The van der Waals surface area contributed by atoms with Gasteiger partial charge in [0.1, 0.15) is 0 Å². The van der Waals surface area contributed by atoms with Crippen LogP contribution in [-0.2, 0) is 4.79 Å². The summed E-state index contributed by atoms with van der Waals surface area (Å²) >= 11 is 0. The van der Waals surface area contributed by atoms with Gasteiger partial charge < -0.3 is 0 Å². The molecule has 0 saturated carbocycles. The lowest BCUT2D eigenvalue weighted by Gasteiger charge is -2.08. The molecule has 0 bridgehead atoms. The molecular weight excluding hydrogens is 184 g/mol. The van der Waals surface area contributed by atoms with E-state index in [2.05, 4.69) is 0 Å². The summed E-state index contributed by atoms with van der Waals surface area (Å²) in [5, 5.41) is 0. The number of carbonyl (C=O) groups excluding carboxylic acids is 1. The monoisotopic (exact) mass is 196 g/mol. The van der Waals surface area contributed by atoms with Gasteiger partial charge in [0.25, 0.3) is 0 Å². The highest BCUT2D eigenvalue weighted by Crippen LogP contribution is 2.19. The summed E-state index contributed by atoms with van der Waals surface area (Å²) in [7, 11) is 0. The molecule has 0 atom stereocenters. The fraction of sp³-hybridized carbons (Fsp3) is 0.0714. The second kappa shape index (κ2) is 4.56. The molecule has 0 saturated heterocycles. The van der Waals surface area contributed by atoms with Crippen LogP contribution < -0.4 is 0 Å². The van der Waals surface area contributed by atoms with Gasteiger partial charge in [-0.3, -0.25) is 4.79 Å². The lowest BCUT2D eigenvalue weighted by atomic mass is 9.96. The molecule has 0 fully saturated rings. The van der Waals surface area contributed by atoms with Gasteiger partial charge in [-0.15, -0.1) is 0 Å². The Hall–Kier alpha value is -1.89. The van der Waals surface area contributed by atoms with Gasteiger partial charge in [-0.2, -0.15) is 0 Å². The van der Waals surface area contributed by atoms with Crippen LogP contribution in [0.3, 0.4) is 0 Å². The summed E-state index contributed by atoms with van der Waals surface area (Å²) in [6.45, 7) is 0. The standard InChI is InChI=1S/C14H12O/c15-14-10-6-5-8-12-7-3-1-2-4-9-13(12)11-14/h1-10H,11H2. The van der Waals surface area contributed by atoms with Crippen molar-refractivity contribution in [3.63, 3.8) is 0 Å². The van der Waals surface area contributed by atoms with Gasteiger partial charge in [0.05, 0.1) is 0 Å². The van der Waals surface area contributed by atoms with Crippen molar-refractivity contribution in [1.82, 2.24) is 0 Å². The highest BCUT2D eigenvalue weighted by Gasteiger charge is 2.07. The van der Waals surface area contributed by atoms with Crippen molar-refractivity contribution >= 4 is 5.78 Å². The van der Waals surface area contributed by atoms with E-state index in [1.54, 1.807) is 12.2 Å². The summed E-state index contributed by atoms with van der Waals surface area (Å²) in [5.41, 5.74) is 2.18. The Morgan fingerprint density at radius 1 is 0.800 bits per heavy atom. The zero-order chi connectivity index (χ0) is 10.5. The summed E-state index contributed by atoms with van der Waals surface area (Å²) in [5.74, 6) is 0.148. The average molecular weight is 196 g/mol. The fourth-order valence-electron chi connectivity index (χ4n) is 1.55. The summed E-state index contributed by atoms with van der Waals surface area (Å²) < 4.78 is 0. The van der Waals surface area contributed by atoms with Crippen molar-refractivity contribution < 1.29 is 4.79 Å². The number of hydrogen-bond donors (Lipinski definition) is 0. The first-order valence-electron chi connectivity index (χ1n) is 4.98. The molecule has 0 radical (unpaired) electrons. The van der Waals surface area contributed by atoms with Crippen LogP contribution in [0, 0.1) is 0 Å². The highest BCUT2D eigenvalue weighted by atomic mass is 16.1. The quantitative estimate of drug-likeness (QED) is 0.582. The van der Waals surface area contributed by atoms with Gasteiger partial charge in [0.2, 0.25) is 0 Å². The molecule has 1 heteroatoms. The predicted octanol–water partition coefficient (Wildman–Crippen LogP) is 3.05. The lowest BCUT2D eigenvalue weighted by molar-refractivity contribution is -0.113. The number of carbonyl (C=O) groups is 1. The SMILES string of the molecule is O=C1C=CC=CC2=CC=CC=CC=C2C1. The molecule has 15 heavy (non-hydrogen) atoms. The molecule has 0 aliphatic heterocycles. The molecule has 0 aromatic rings. The minimum Gasteiger partial charge on any atom is -0.294 e. The molecule has 74 valence electrons. The van der Waals surface area contributed by atoms with Crippen LogP contribution >= 0.6 is 0 Å². The predicted molar refractivity (Wildman–Crippen MR) is 62.4 cm³/mol. The molecular formula is C14H12O. The maximum absolute atomic E-state index is 11.5. The van der Waals surface area contributed by atoms with Gasteiger partial charge >= 0.3 is 0 Å². The van der Waals surface area contributed by atoms with Gasteiger partial charge in [-0.05, 0) is 17.2 Å². The molecule has 0 amide bonds. The number of fused-ring (bicyclic) bond motifs is 1. The van der Waals surface area contributed by atoms with E-state index in [0.29, 0.717) is 6.42 Å². The van der Waals surface area contributed by atoms with Crippen LogP contribution in [0.2, 0.25) is 0 Å². The normalized spacial score (nSPS) is 19.6. The van der Waals surface area contributed by atoms with Gasteiger partial charge in [0.15, 0.2) is 5.78 Å². The molecule has 2 aliphatic carbocycles. The smallest absolute Gasteiger partial charge is 0.160 e. The van der Waals surface area contributed by atoms with Gasteiger partial charge in [0, 0.05) is 6.42 Å². The van der Waals surface area contributed by atoms with E-state index in [1.807, 2.05) is 48.6 Å². The van der Waals surface area contributed by atoms with E-state index in [-0.39, 0.29) is 5.78 Å². The van der Waals surface area contributed by atoms with Crippen LogP contribution in [0.4, 0.5) is 0 Å². The second-order valence-electron chi connectivity index (χ2n) is 3.45. The summed E-state index contributed by atoms with van der Waals surface area (Å²) in [6, 6.07) is 0. The number of hydrogen-bond acceptors (Lipinski definition) is 1. The highest BCUT2D eigenvalue weighted by molar-refractivity contribution is 5.93. The summed E-state index contributed by atoms with van der Waals surface area (Å²) in [4.78, 5) is 11.5. The number of rotatable bonds is 0. The van der Waals surface area contributed by atoms with Gasteiger partial charge in [-0.1, -0.05) is 54.7 Å². The van der Waals surface area contributed by atoms with Crippen LogP contribution in [0.15, 0.2) is 71.9 Å². The Labute approximate surface area is 89.5 Å². The molecule has 0 spiro atoms. The third-order valence-corrected chi connectivity index (χ3v) is 2.31. The zero-order valence-corrected chi connectivity index (χ0v) is 8.39. The first-order valence-corrected chi connectivity index (χ1v) is 4.98. The number of ketones is 1. The molecule has 0 heterocycles. The zero-order valence-electron chi connectivity index (χ0n) is 8.39. The molecule has 2 rings (SSSR count). The topological polar surface area (TPSA) is 17.1 Å². The van der Waals surface area contributed by atoms with Gasteiger partial charge in [-0.25, -0.2) is 0 Å². The third kappa shape index (κ3) is 2.53. The molecule has 2 aliphatic rings. The molecule has 0 aromatic heterocycles. The van der Waals surface area contributed by atoms with Crippen molar-refractivity contribution in [2.75, 3.05) is 0 Å². The Kier molecular flexibility index (Phi) is 2.93. The lowest BCUT2D eigenvalue weighted by Crippen LogP contribution is -1.99. The van der Waals surface area contributed by atoms with E-state index in [4.69, 9.17) is 0 Å². The van der Waals surface area contributed by atoms with Crippen molar-refractivity contribution in [1.29, 1.82) is 0 Å². The summed E-state index contributed by atoms with van der Waals surface area (Å²) in [6.07, 6.45) is 19.7. The number of allylic oxidation sites excluding steroid dienone is 12. The van der Waals surface area contributed by atoms with E-state index >= 15 is 0 Å². The Morgan fingerprint density at radius 2 is 1.53 bits per heavy atom. The van der Waals surface area contributed by atoms with Crippen molar-refractivity contribution in [2.24, 2.45) is 0 Å². The largest absolute Gasteiger partial charge is 0.294 e. The molecule has 0 unspecified atom stereocenters. The van der Waals surface area contributed by atoms with E-state index < -0.39 is 0 Å². The maximum atomic E-state index is 11.5. The average Bonchev–Trinajstić information content (AvgIpc) is 2.18. The van der Waals surface area contributed by atoms with Crippen molar-refractivity contribution in [3.8, 4) is 0 Å². The van der Waals surface area contributed by atoms with E-state index in [0.717, 1.165) is 11.1 Å². The first-order chi connectivity index (χ1) is 7.36. The second-order valence-corrected chi connectivity index (χ2v) is 3.45. The minimum absolute atomic E-state index is 0.148. The Morgan fingerprint density at radius 3 is 2.40 bits per heavy atom.